The number of benzene rings is 1. The Morgan fingerprint density at radius 3 is 2.58 bits per heavy atom. The molecule has 132 valence electrons. The molecule has 8 heteroatoms. The molecule has 1 aromatic rings. The maximum absolute atomic E-state index is 12.2. The van der Waals surface area contributed by atoms with Gasteiger partial charge < -0.3 is 20.7 Å². The highest BCUT2D eigenvalue weighted by Gasteiger charge is 2.33. The van der Waals surface area contributed by atoms with Crippen LogP contribution in [0, 0.1) is 5.92 Å². The molecule has 0 saturated carbocycles. The second-order valence-electron chi connectivity index (χ2n) is 5.12. The molecule has 6 nitrogen and oxygen atoms in total. The van der Waals surface area contributed by atoms with Crippen molar-refractivity contribution in [2.24, 2.45) is 5.92 Å². The summed E-state index contributed by atoms with van der Waals surface area (Å²) in [5.41, 5.74) is 0.708. The molecule has 2 unspecified atom stereocenters. The van der Waals surface area contributed by atoms with Crippen LogP contribution in [0.4, 0.5) is 5.69 Å². The van der Waals surface area contributed by atoms with Gasteiger partial charge in [-0.1, -0.05) is 12.7 Å². The standard InChI is InChI=1S/C16H21N3O3.H2S2/c1-3-8-22-13-6-4-12(5-7-13)19-15(20)11-9-14(18-10-11)16(21)17-2;1-2/h3-7,11,14,18H,1,8-10H2,2H3,(H,17,21)(H,19,20);1-2H. The second-order valence-corrected chi connectivity index (χ2v) is 5.12. The summed E-state index contributed by atoms with van der Waals surface area (Å²) in [7, 11) is 1.59. The Labute approximate surface area is 152 Å². The Morgan fingerprint density at radius 1 is 1.33 bits per heavy atom. The maximum atomic E-state index is 12.2. The molecule has 1 saturated heterocycles. The van der Waals surface area contributed by atoms with Crippen LogP contribution in [0.2, 0.25) is 0 Å². The lowest BCUT2D eigenvalue weighted by molar-refractivity contribution is -0.122. The third kappa shape index (κ3) is 6.10. The lowest BCUT2D eigenvalue weighted by Gasteiger charge is -2.11. The van der Waals surface area contributed by atoms with Crippen molar-refractivity contribution in [1.82, 2.24) is 10.6 Å². The van der Waals surface area contributed by atoms with Crippen molar-refractivity contribution >= 4 is 40.8 Å². The zero-order valence-electron chi connectivity index (χ0n) is 13.5. The van der Waals surface area contributed by atoms with Crippen LogP contribution in [0.15, 0.2) is 36.9 Å². The Kier molecular flexibility index (Phi) is 9.36. The fourth-order valence-electron chi connectivity index (χ4n) is 2.34. The smallest absolute Gasteiger partial charge is 0.236 e. The summed E-state index contributed by atoms with van der Waals surface area (Å²) in [5.74, 6) is 0.344. The highest BCUT2D eigenvalue weighted by molar-refractivity contribution is 8.59. The van der Waals surface area contributed by atoms with Crippen LogP contribution < -0.4 is 20.7 Å². The van der Waals surface area contributed by atoms with E-state index in [1.807, 2.05) is 0 Å². The predicted molar refractivity (Wildman–Crippen MR) is 103 cm³/mol. The van der Waals surface area contributed by atoms with Crippen molar-refractivity contribution in [3.63, 3.8) is 0 Å². The number of carbonyl (C=O) groups is 2. The zero-order valence-corrected chi connectivity index (χ0v) is 15.3. The maximum Gasteiger partial charge on any atom is 0.236 e. The molecule has 1 aliphatic rings. The molecule has 1 aliphatic heterocycles. The van der Waals surface area contributed by atoms with E-state index in [9.17, 15) is 9.59 Å². The van der Waals surface area contributed by atoms with E-state index in [0.29, 0.717) is 25.3 Å². The molecule has 0 aromatic heterocycles. The van der Waals surface area contributed by atoms with Crippen molar-refractivity contribution in [3.05, 3.63) is 36.9 Å². The number of rotatable bonds is 6. The average molecular weight is 370 g/mol. The summed E-state index contributed by atoms with van der Waals surface area (Å²) < 4.78 is 5.38. The topological polar surface area (TPSA) is 79.5 Å². The molecule has 24 heavy (non-hydrogen) atoms. The van der Waals surface area contributed by atoms with Crippen molar-refractivity contribution in [3.8, 4) is 5.75 Å². The number of ether oxygens (including phenoxy) is 1. The average Bonchev–Trinajstić information content (AvgIpc) is 3.12. The minimum atomic E-state index is -0.296. The molecule has 0 bridgehead atoms. The molecule has 1 fully saturated rings. The van der Waals surface area contributed by atoms with Gasteiger partial charge in [0.25, 0.3) is 0 Å². The van der Waals surface area contributed by atoms with Crippen molar-refractivity contribution < 1.29 is 14.3 Å². The first kappa shape index (κ1) is 20.4. The van der Waals surface area contributed by atoms with Gasteiger partial charge in [-0.25, -0.2) is 0 Å². The molecular weight excluding hydrogens is 346 g/mol. The zero-order chi connectivity index (χ0) is 17.9. The van der Waals surface area contributed by atoms with E-state index in [1.54, 1.807) is 37.4 Å². The number of thiol groups is 2. The van der Waals surface area contributed by atoms with Gasteiger partial charge in [0.2, 0.25) is 11.8 Å². The first-order valence-corrected chi connectivity index (χ1v) is 9.03. The fourth-order valence-corrected chi connectivity index (χ4v) is 2.34. The van der Waals surface area contributed by atoms with E-state index in [4.69, 9.17) is 4.74 Å². The Balaban J connectivity index is 0.00000139. The van der Waals surface area contributed by atoms with Gasteiger partial charge in [0.1, 0.15) is 12.4 Å². The van der Waals surface area contributed by atoms with Crippen LogP contribution in [-0.2, 0) is 9.59 Å². The highest BCUT2D eigenvalue weighted by atomic mass is 33.1. The summed E-state index contributed by atoms with van der Waals surface area (Å²) in [6.07, 6.45) is 2.18. The second kappa shape index (κ2) is 11.0. The molecule has 2 amide bonds. The number of anilines is 1. The fraction of sp³-hybridized carbons (Fsp3) is 0.375. The number of hydrogen-bond acceptors (Lipinski definition) is 6. The van der Waals surface area contributed by atoms with E-state index in [1.165, 1.54) is 0 Å². The number of likely N-dealkylation sites (N-methyl/N-ethyl adjacent to an activating group) is 1. The molecule has 0 aliphatic carbocycles. The number of nitrogens with one attached hydrogen (secondary N) is 3. The first-order chi connectivity index (χ1) is 11.6. The SMILES string of the molecule is C=CCOc1ccc(NC(=O)C2CNC(C(=O)NC)C2)cc1.SS. The van der Waals surface area contributed by atoms with Crippen LogP contribution >= 0.6 is 23.3 Å². The summed E-state index contributed by atoms with van der Waals surface area (Å²) in [6.45, 7) is 4.53. The Hall–Kier alpha value is -1.64. The van der Waals surface area contributed by atoms with Crippen LogP contribution in [0.3, 0.4) is 0 Å². The monoisotopic (exact) mass is 369 g/mol. The first-order valence-electron chi connectivity index (χ1n) is 7.43. The minimum Gasteiger partial charge on any atom is -0.490 e. The Morgan fingerprint density at radius 2 is 2.00 bits per heavy atom. The van der Waals surface area contributed by atoms with Gasteiger partial charge in [0.05, 0.1) is 12.0 Å². The van der Waals surface area contributed by atoms with Crippen LogP contribution in [0.25, 0.3) is 0 Å². The van der Waals surface area contributed by atoms with E-state index < -0.39 is 0 Å². The summed E-state index contributed by atoms with van der Waals surface area (Å²) >= 11 is 6.44. The summed E-state index contributed by atoms with van der Waals surface area (Å²) in [6, 6.07) is 6.86. The van der Waals surface area contributed by atoms with E-state index in [0.717, 1.165) is 5.75 Å². The van der Waals surface area contributed by atoms with Gasteiger partial charge in [0.15, 0.2) is 0 Å². The Bertz CT molecular complexity index is 552. The lowest BCUT2D eigenvalue weighted by atomic mass is 10.0. The van der Waals surface area contributed by atoms with Gasteiger partial charge in [-0.05, 0) is 30.7 Å². The summed E-state index contributed by atoms with van der Waals surface area (Å²) in [4.78, 5) is 23.7. The van der Waals surface area contributed by atoms with Crippen LogP contribution in [0.5, 0.6) is 5.75 Å². The predicted octanol–water partition coefficient (Wildman–Crippen LogP) is 1.67. The van der Waals surface area contributed by atoms with E-state index in [2.05, 4.69) is 45.9 Å². The summed E-state index contributed by atoms with van der Waals surface area (Å²) in [5, 5.41) is 8.50. The van der Waals surface area contributed by atoms with E-state index >= 15 is 0 Å². The number of carbonyl (C=O) groups excluding carboxylic acids is 2. The largest absolute Gasteiger partial charge is 0.490 e. The van der Waals surface area contributed by atoms with E-state index in [-0.39, 0.29) is 23.8 Å². The molecule has 0 spiro atoms. The number of hydrogen-bond donors (Lipinski definition) is 5. The molecule has 3 N–H and O–H groups in total. The van der Waals surface area contributed by atoms with Crippen LogP contribution in [0.1, 0.15) is 6.42 Å². The molecule has 2 atom stereocenters. The van der Waals surface area contributed by atoms with Crippen molar-refractivity contribution in [1.29, 1.82) is 0 Å². The molecule has 0 radical (unpaired) electrons. The van der Waals surface area contributed by atoms with Gasteiger partial charge in [-0.3, -0.25) is 9.59 Å². The minimum absolute atomic E-state index is 0.0842. The van der Waals surface area contributed by atoms with Gasteiger partial charge in [-0.15, -0.1) is 23.3 Å². The molecule has 2 rings (SSSR count). The molecular formula is C16H23N3O3S2. The van der Waals surface area contributed by atoms with Gasteiger partial charge >= 0.3 is 0 Å². The highest BCUT2D eigenvalue weighted by Crippen LogP contribution is 2.19. The van der Waals surface area contributed by atoms with Gasteiger partial charge in [-0.2, -0.15) is 0 Å². The molecule has 1 heterocycles. The number of amides is 2. The van der Waals surface area contributed by atoms with Crippen molar-refractivity contribution in [2.45, 2.75) is 12.5 Å². The quantitative estimate of drug-likeness (QED) is 0.300. The van der Waals surface area contributed by atoms with Gasteiger partial charge in [0, 0.05) is 19.3 Å². The molecule has 1 aromatic carbocycles. The lowest BCUT2D eigenvalue weighted by Crippen LogP contribution is -2.38. The normalized spacial score (nSPS) is 18.8. The van der Waals surface area contributed by atoms with Crippen LogP contribution in [-0.4, -0.2) is 38.1 Å². The third-order valence-electron chi connectivity index (χ3n) is 3.55. The van der Waals surface area contributed by atoms with Crippen molar-refractivity contribution in [2.75, 3.05) is 25.5 Å². The third-order valence-corrected chi connectivity index (χ3v) is 3.55.